The van der Waals surface area contributed by atoms with Gasteiger partial charge in [-0.05, 0) is 50.4 Å². The minimum absolute atomic E-state index is 0. The van der Waals surface area contributed by atoms with Gasteiger partial charge in [-0.25, -0.2) is 0 Å². The highest BCUT2D eigenvalue weighted by Gasteiger charge is 2.42. The number of carbonyl (C=O) groups excluding carboxylic acids is 1. The molecule has 24 heavy (non-hydrogen) atoms. The van der Waals surface area contributed by atoms with E-state index in [1.165, 1.54) is 38.5 Å². The molecule has 1 aliphatic heterocycles. The van der Waals surface area contributed by atoms with Gasteiger partial charge in [-0.1, -0.05) is 12.8 Å². The first-order chi connectivity index (χ1) is 10.7. The SMILES string of the molecule is Cl.Cl.NC1C2CCCC1CC(C(=O)N1CCN(C3CCC3)CC1)C2. The molecule has 140 valence electrons. The molecular formula is C18H33Cl2N3O. The van der Waals surface area contributed by atoms with Crippen LogP contribution in [0.25, 0.3) is 0 Å². The third-order valence-corrected chi connectivity index (χ3v) is 6.98. The number of hydrogen-bond acceptors (Lipinski definition) is 3. The number of nitrogens with zero attached hydrogens (tertiary/aromatic N) is 2. The highest BCUT2D eigenvalue weighted by molar-refractivity contribution is 5.85. The number of fused-ring (bicyclic) bond motifs is 2. The van der Waals surface area contributed by atoms with Gasteiger partial charge in [0, 0.05) is 44.2 Å². The van der Waals surface area contributed by atoms with Crippen molar-refractivity contribution in [3.63, 3.8) is 0 Å². The molecule has 1 heterocycles. The van der Waals surface area contributed by atoms with Crippen LogP contribution < -0.4 is 5.73 Å². The highest BCUT2D eigenvalue weighted by Crippen LogP contribution is 2.42. The first-order valence-electron chi connectivity index (χ1n) is 9.51. The fourth-order valence-corrected chi connectivity index (χ4v) is 5.31. The normalized spacial score (nSPS) is 37.0. The van der Waals surface area contributed by atoms with Crippen molar-refractivity contribution in [2.75, 3.05) is 26.2 Å². The third kappa shape index (κ3) is 3.87. The van der Waals surface area contributed by atoms with Crippen molar-refractivity contribution < 1.29 is 4.79 Å². The van der Waals surface area contributed by atoms with Crippen LogP contribution >= 0.6 is 24.8 Å². The van der Waals surface area contributed by atoms with Crippen molar-refractivity contribution in [1.82, 2.24) is 9.80 Å². The van der Waals surface area contributed by atoms with Crippen LogP contribution in [0.3, 0.4) is 0 Å². The summed E-state index contributed by atoms with van der Waals surface area (Å²) in [5.41, 5.74) is 6.37. The van der Waals surface area contributed by atoms with Crippen LogP contribution in [0.15, 0.2) is 0 Å². The first-order valence-corrected chi connectivity index (χ1v) is 9.51. The number of nitrogens with two attached hydrogens (primary N) is 1. The number of hydrogen-bond donors (Lipinski definition) is 1. The predicted octanol–water partition coefficient (Wildman–Crippen LogP) is 2.68. The summed E-state index contributed by atoms with van der Waals surface area (Å²) >= 11 is 0. The van der Waals surface area contributed by atoms with E-state index >= 15 is 0 Å². The summed E-state index contributed by atoms with van der Waals surface area (Å²) in [7, 11) is 0. The largest absolute Gasteiger partial charge is 0.340 e. The average molecular weight is 378 g/mol. The van der Waals surface area contributed by atoms with Crippen molar-refractivity contribution in [3.8, 4) is 0 Å². The van der Waals surface area contributed by atoms with E-state index in [1.807, 2.05) is 0 Å². The van der Waals surface area contributed by atoms with Crippen LogP contribution in [0.5, 0.6) is 0 Å². The van der Waals surface area contributed by atoms with Gasteiger partial charge in [0.1, 0.15) is 0 Å². The van der Waals surface area contributed by atoms with Crippen molar-refractivity contribution in [2.45, 2.75) is 63.5 Å². The lowest BCUT2D eigenvalue weighted by Gasteiger charge is -2.46. The Morgan fingerprint density at radius 3 is 1.88 bits per heavy atom. The van der Waals surface area contributed by atoms with Crippen LogP contribution in [0.1, 0.15) is 51.4 Å². The Kier molecular flexibility index (Phi) is 7.24. The fraction of sp³-hybridized carbons (Fsp3) is 0.944. The lowest BCUT2D eigenvalue weighted by atomic mass is 9.65. The summed E-state index contributed by atoms with van der Waals surface area (Å²) in [4.78, 5) is 17.7. The molecule has 4 aliphatic rings. The molecule has 4 fully saturated rings. The monoisotopic (exact) mass is 377 g/mol. The molecule has 1 saturated heterocycles. The van der Waals surface area contributed by atoms with E-state index in [4.69, 9.17) is 5.73 Å². The van der Waals surface area contributed by atoms with E-state index < -0.39 is 0 Å². The van der Waals surface area contributed by atoms with E-state index in [2.05, 4.69) is 9.80 Å². The third-order valence-electron chi connectivity index (χ3n) is 6.98. The number of rotatable bonds is 2. The molecule has 2 unspecified atom stereocenters. The molecule has 3 saturated carbocycles. The summed E-state index contributed by atoms with van der Waals surface area (Å²) in [6.07, 6.45) is 10.1. The second-order valence-electron chi connectivity index (χ2n) is 8.14. The molecule has 2 N–H and O–H groups in total. The van der Waals surface area contributed by atoms with Gasteiger partial charge in [-0.15, -0.1) is 24.8 Å². The van der Waals surface area contributed by atoms with Crippen molar-refractivity contribution >= 4 is 30.7 Å². The second kappa shape index (κ2) is 8.57. The Bertz CT molecular complexity index is 410. The van der Waals surface area contributed by atoms with Gasteiger partial charge in [-0.3, -0.25) is 9.69 Å². The van der Waals surface area contributed by atoms with Crippen LogP contribution in [0.4, 0.5) is 0 Å². The summed E-state index contributed by atoms with van der Waals surface area (Å²) in [5, 5.41) is 0. The number of halogens is 2. The zero-order valence-electron chi connectivity index (χ0n) is 14.6. The number of amides is 1. The smallest absolute Gasteiger partial charge is 0.225 e. The summed E-state index contributed by atoms with van der Waals surface area (Å²) in [6, 6.07) is 1.19. The zero-order valence-corrected chi connectivity index (χ0v) is 16.2. The molecule has 2 bridgehead atoms. The Morgan fingerprint density at radius 2 is 1.38 bits per heavy atom. The predicted molar refractivity (Wildman–Crippen MR) is 102 cm³/mol. The van der Waals surface area contributed by atoms with E-state index in [0.29, 0.717) is 23.8 Å². The van der Waals surface area contributed by atoms with Crippen LogP contribution in [0, 0.1) is 17.8 Å². The van der Waals surface area contributed by atoms with Crippen LogP contribution in [-0.4, -0.2) is 54.0 Å². The summed E-state index contributed by atoms with van der Waals surface area (Å²) in [6.45, 7) is 4.09. The Hall–Kier alpha value is -0.0300. The van der Waals surface area contributed by atoms with Gasteiger partial charge < -0.3 is 10.6 Å². The molecule has 4 rings (SSSR count). The van der Waals surface area contributed by atoms with Crippen molar-refractivity contribution in [3.05, 3.63) is 0 Å². The second-order valence-corrected chi connectivity index (χ2v) is 8.14. The van der Waals surface area contributed by atoms with Gasteiger partial charge >= 0.3 is 0 Å². The maximum Gasteiger partial charge on any atom is 0.225 e. The van der Waals surface area contributed by atoms with Gasteiger partial charge in [0.05, 0.1) is 0 Å². The fourth-order valence-electron chi connectivity index (χ4n) is 5.31. The highest BCUT2D eigenvalue weighted by atomic mass is 35.5. The Morgan fingerprint density at radius 1 is 0.833 bits per heavy atom. The van der Waals surface area contributed by atoms with Gasteiger partial charge in [-0.2, -0.15) is 0 Å². The molecule has 2 atom stereocenters. The minimum Gasteiger partial charge on any atom is -0.340 e. The van der Waals surface area contributed by atoms with Gasteiger partial charge in [0.2, 0.25) is 5.91 Å². The van der Waals surface area contributed by atoms with Crippen LogP contribution in [0.2, 0.25) is 0 Å². The lowest BCUT2D eigenvalue weighted by Crippen LogP contribution is -2.56. The molecular weight excluding hydrogens is 345 g/mol. The molecule has 0 aromatic rings. The molecule has 0 aromatic carbocycles. The van der Waals surface area contributed by atoms with E-state index in [9.17, 15) is 4.79 Å². The van der Waals surface area contributed by atoms with E-state index in [-0.39, 0.29) is 30.7 Å². The lowest BCUT2D eigenvalue weighted by molar-refractivity contribution is -0.141. The number of carbonyl (C=O) groups is 1. The summed E-state index contributed by atoms with van der Waals surface area (Å²) < 4.78 is 0. The first kappa shape index (κ1) is 20.3. The van der Waals surface area contributed by atoms with E-state index in [0.717, 1.165) is 45.1 Å². The molecule has 3 aliphatic carbocycles. The standard InChI is InChI=1S/C18H31N3O.2ClH/c19-17-13-3-1-4-14(17)12-15(11-13)18(22)21-9-7-20(8-10-21)16-5-2-6-16;;/h13-17H,1-12,19H2;2*1H. The molecule has 0 radical (unpaired) electrons. The average Bonchev–Trinajstić information content (AvgIpc) is 2.45. The van der Waals surface area contributed by atoms with Crippen molar-refractivity contribution in [1.29, 1.82) is 0 Å². The Balaban J connectivity index is 0.00000104. The zero-order chi connectivity index (χ0) is 15.1. The summed E-state index contributed by atoms with van der Waals surface area (Å²) in [5.74, 6) is 1.93. The molecule has 6 heteroatoms. The van der Waals surface area contributed by atoms with Gasteiger partial charge in [0.25, 0.3) is 0 Å². The topological polar surface area (TPSA) is 49.6 Å². The van der Waals surface area contributed by atoms with E-state index in [1.54, 1.807) is 0 Å². The molecule has 4 nitrogen and oxygen atoms in total. The van der Waals surface area contributed by atoms with Crippen LogP contribution in [-0.2, 0) is 4.79 Å². The molecule has 1 amide bonds. The molecule has 0 aromatic heterocycles. The van der Waals surface area contributed by atoms with Gasteiger partial charge in [0.15, 0.2) is 0 Å². The maximum atomic E-state index is 12.9. The Labute approximate surface area is 158 Å². The quantitative estimate of drug-likeness (QED) is 0.804. The minimum atomic E-state index is 0. The molecule has 0 spiro atoms. The maximum absolute atomic E-state index is 12.9. The van der Waals surface area contributed by atoms with Crippen molar-refractivity contribution in [2.24, 2.45) is 23.5 Å². The number of piperazine rings is 1.